The van der Waals surface area contributed by atoms with Gasteiger partial charge in [-0.1, -0.05) is 22.0 Å². The van der Waals surface area contributed by atoms with Crippen LogP contribution < -0.4 is 4.90 Å². The van der Waals surface area contributed by atoms with Crippen molar-refractivity contribution in [2.75, 3.05) is 24.6 Å². The van der Waals surface area contributed by atoms with E-state index in [1.54, 1.807) is 6.07 Å². The van der Waals surface area contributed by atoms with Crippen molar-refractivity contribution in [2.45, 2.75) is 24.8 Å². The number of nitrogens with zero attached hydrogens (tertiary/aromatic N) is 1. The number of benzene rings is 1. The summed E-state index contributed by atoms with van der Waals surface area (Å²) in [5, 5.41) is 0.679. The van der Waals surface area contributed by atoms with Gasteiger partial charge in [0, 0.05) is 18.4 Å². The molecule has 0 radical (unpaired) electrons. The lowest BCUT2D eigenvalue weighted by atomic mass is 10.1. The summed E-state index contributed by atoms with van der Waals surface area (Å²) in [6.45, 7) is 6.17. The Bertz CT molecular complexity index is 408. The van der Waals surface area contributed by atoms with Crippen LogP contribution in [0, 0.1) is 5.82 Å². The van der Waals surface area contributed by atoms with Gasteiger partial charge in [-0.3, -0.25) is 0 Å². The van der Waals surface area contributed by atoms with Gasteiger partial charge in [0.2, 0.25) is 0 Å². The van der Waals surface area contributed by atoms with Crippen LogP contribution in [0.2, 0.25) is 0 Å². The summed E-state index contributed by atoms with van der Waals surface area (Å²) in [5.41, 5.74) is 1.42. The molecular weight excluding hydrogens is 285 g/mol. The van der Waals surface area contributed by atoms with E-state index in [0.717, 1.165) is 18.7 Å². The second-order valence-corrected chi connectivity index (χ2v) is 5.51. The van der Waals surface area contributed by atoms with E-state index in [1.165, 1.54) is 0 Å². The molecular formula is C13H17BrFNO. The minimum absolute atomic E-state index is 0.153. The van der Waals surface area contributed by atoms with Gasteiger partial charge in [0.1, 0.15) is 5.82 Å². The molecule has 0 bridgehead atoms. The number of alkyl halides is 1. The number of hydrogen-bond acceptors (Lipinski definition) is 2. The lowest BCUT2D eigenvalue weighted by Gasteiger charge is -2.39. The Morgan fingerprint density at radius 2 is 2.24 bits per heavy atom. The zero-order valence-corrected chi connectivity index (χ0v) is 11.8. The normalized spacial score (nSPS) is 19.4. The van der Waals surface area contributed by atoms with E-state index in [2.05, 4.69) is 20.8 Å². The summed E-state index contributed by atoms with van der Waals surface area (Å²) in [7, 11) is 0. The average molecular weight is 302 g/mol. The highest BCUT2D eigenvalue weighted by Gasteiger charge is 2.28. The molecule has 0 atom stereocenters. The molecule has 0 aromatic heterocycles. The van der Waals surface area contributed by atoms with Crippen LogP contribution >= 0.6 is 15.9 Å². The molecule has 17 heavy (non-hydrogen) atoms. The molecule has 0 saturated carbocycles. The fourth-order valence-corrected chi connectivity index (χ4v) is 2.46. The minimum atomic E-state index is -0.210. The number of morpholine rings is 1. The quantitative estimate of drug-likeness (QED) is 0.777. The highest BCUT2D eigenvalue weighted by Crippen LogP contribution is 2.26. The number of hydrogen-bond donors (Lipinski definition) is 0. The smallest absolute Gasteiger partial charge is 0.146 e. The van der Waals surface area contributed by atoms with Crippen molar-refractivity contribution in [3.63, 3.8) is 0 Å². The van der Waals surface area contributed by atoms with Crippen LogP contribution in [0.15, 0.2) is 18.2 Å². The maximum atomic E-state index is 14.0. The summed E-state index contributed by atoms with van der Waals surface area (Å²) in [4.78, 5) is 2.05. The van der Waals surface area contributed by atoms with Gasteiger partial charge in [0.05, 0.1) is 17.9 Å². The number of anilines is 1. The fraction of sp³-hybridized carbons (Fsp3) is 0.538. The molecule has 0 spiro atoms. The lowest BCUT2D eigenvalue weighted by molar-refractivity contribution is -0.0278. The first-order valence-corrected chi connectivity index (χ1v) is 6.87. The molecule has 94 valence electrons. The molecule has 0 amide bonds. The Hall–Kier alpha value is -0.610. The number of halogens is 2. The highest BCUT2D eigenvalue weighted by molar-refractivity contribution is 9.08. The lowest BCUT2D eigenvalue weighted by Crippen LogP contribution is -2.48. The van der Waals surface area contributed by atoms with E-state index < -0.39 is 0 Å². The fourth-order valence-electron chi connectivity index (χ4n) is 2.11. The Kier molecular flexibility index (Phi) is 3.73. The van der Waals surface area contributed by atoms with Crippen LogP contribution in [0.25, 0.3) is 0 Å². The van der Waals surface area contributed by atoms with Crippen molar-refractivity contribution in [3.8, 4) is 0 Å². The highest BCUT2D eigenvalue weighted by atomic mass is 79.9. The Morgan fingerprint density at radius 3 is 2.82 bits per heavy atom. The first-order chi connectivity index (χ1) is 8.02. The summed E-state index contributed by atoms with van der Waals surface area (Å²) in [5.74, 6) is -0.153. The van der Waals surface area contributed by atoms with Gasteiger partial charge in [0.25, 0.3) is 0 Å². The Balaban J connectivity index is 2.22. The van der Waals surface area contributed by atoms with Crippen LogP contribution in [0.5, 0.6) is 0 Å². The molecule has 0 aliphatic carbocycles. The van der Waals surface area contributed by atoms with Crippen molar-refractivity contribution < 1.29 is 9.13 Å². The van der Waals surface area contributed by atoms with E-state index in [0.29, 0.717) is 17.6 Å². The van der Waals surface area contributed by atoms with Gasteiger partial charge in [-0.05, 0) is 31.5 Å². The maximum absolute atomic E-state index is 14.0. The molecule has 1 aromatic carbocycles. The molecule has 1 aliphatic rings. The van der Waals surface area contributed by atoms with Crippen molar-refractivity contribution in [2.24, 2.45) is 0 Å². The SMILES string of the molecule is CC1(C)CN(c2ccc(CBr)cc2F)CCO1. The van der Waals surface area contributed by atoms with Gasteiger partial charge < -0.3 is 9.64 Å². The number of rotatable bonds is 2. The third-order valence-electron chi connectivity index (χ3n) is 2.93. The zero-order valence-electron chi connectivity index (χ0n) is 10.2. The summed E-state index contributed by atoms with van der Waals surface area (Å²) >= 11 is 3.33. The molecule has 1 aliphatic heterocycles. The van der Waals surface area contributed by atoms with Crippen LogP contribution in [0.3, 0.4) is 0 Å². The second kappa shape index (κ2) is 4.94. The maximum Gasteiger partial charge on any atom is 0.146 e. The molecule has 1 heterocycles. The van der Waals surface area contributed by atoms with Crippen molar-refractivity contribution in [1.29, 1.82) is 0 Å². The Labute approximate surface area is 110 Å². The summed E-state index contributed by atoms with van der Waals surface area (Å²) < 4.78 is 19.6. The summed E-state index contributed by atoms with van der Waals surface area (Å²) in [6, 6.07) is 5.40. The van der Waals surface area contributed by atoms with Crippen LogP contribution in [0.4, 0.5) is 10.1 Å². The molecule has 0 unspecified atom stereocenters. The third kappa shape index (κ3) is 2.99. The average Bonchev–Trinajstić information content (AvgIpc) is 2.27. The first kappa shape index (κ1) is 12.8. The molecule has 1 saturated heterocycles. The van der Waals surface area contributed by atoms with Crippen molar-refractivity contribution in [1.82, 2.24) is 0 Å². The van der Waals surface area contributed by atoms with Crippen LogP contribution in [-0.2, 0) is 10.1 Å². The van der Waals surface area contributed by atoms with Gasteiger partial charge in [-0.25, -0.2) is 4.39 Å². The van der Waals surface area contributed by atoms with Crippen LogP contribution in [-0.4, -0.2) is 25.3 Å². The zero-order chi connectivity index (χ0) is 12.5. The van der Waals surface area contributed by atoms with E-state index in [9.17, 15) is 4.39 Å². The van der Waals surface area contributed by atoms with Gasteiger partial charge in [-0.2, -0.15) is 0 Å². The molecule has 2 nitrogen and oxygen atoms in total. The van der Waals surface area contributed by atoms with E-state index >= 15 is 0 Å². The number of ether oxygens (including phenoxy) is 1. The molecule has 0 N–H and O–H groups in total. The standard InChI is InChI=1S/C13H17BrFNO/c1-13(2)9-16(5-6-17-13)12-4-3-10(8-14)7-11(12)15/h3-4,7H,5-6,8-9H2,1-2H3. The Morgan fingerprint density at radius 1 is 1.47 bits per heavy atom. The summed E-state index contributed by atoms with van der Waals surface area (Å²) in [6.07, 6.45) is 0. The third-order valence-corrected chi connectivity index (χ3v) is 3.58. The first-order valence-electron chi connectivity index (χ1n) is 5.75. The monoisotopic (exact) mass is 301 g/mol. The van der Waals surface area contributed by atoms with E-state index in [-0.39, 0.29) is 11.4 Å². The molecule has 1 aromatic rings. The van der Waals surface area contributed by atoms with Gasteiger partial charge in [0.15, 0.2) is 0 Å². The molecule has 2 rings (SSSR count). The van der Waals surface area contributed by atoms with Crippen molar-refractivity contribution >= 4 is 21.6 Å². The van der Waals surface area contributed by atoms with Crippen LogP contribution in [0.1, 0.15) is 19.4 Å². The predicted octanol–water partition coefficient (Wildman–Crippen LogP) is 3.34. The second-order valence-electron chi connectivity index (χ2n) is 4.95. The topological polar surface area (TPSA) is 12.5 Å². The van der Waals surface area contributed by atoms with E-state index in [1.807, 2.05) is 26.0 Å². The van der Waals surface area contributed by atoms with Crippen molar-refractivity contribution in [3.05, 3.63) is 29.6 Å². The molecule has 4 heteroatoms. The van der Waals surface area contributed by atoms with Gasteiger partial charge in [-0.15, -0.1) is 0 Å². The largest absolute Gasteiger partial charge is 0.372 e. The predicted molar refractivity (Wildman–Crippen MR) is 71.3 cm³/mol. The molecule has 1 fully saturated rings. The van der Waals surface area contributed by atoms with Gasteiger partial charge >= 0.3 is 0 Å². The minimum Gasteiger partial charge on any atom is -0.372 e. The van der Waals surface area contributed by atoms with E-state index in [4.69, 9.17) is 4.74 Å².